The molecule has 0 saturated carbocycles. The van der Waals surface area contributed by atoms with Gasteiger partial charge in [0.25, 0.3) is 0 Å². The van der Waals surface area contributed by atoms with Crippen LogP contribution in [0.3, 0.4) is 0 Å². The summed E-state index contributed by atoms with van der Waals surface area (Å²) < 4.78 is 4.79. The van der Waals surface area contributed by atoms with Crippen LogP contribution in [0.2, 0.25) is 0 Å². The lowest BCUT2D eigenvalue weighted by atomic mass is 10.1. The second-order valence-electron chi connectivity index (χ2n) is 10.3. The molecule has 0 bridgehead atoms. The van der Waals surface area contributed by atoms with Gasteiger partial charge in [-0.2, -0.15) is 0 Å². The molecule has 0 aliphatic carbocycles. The Morgan fingerprint density at radius 2 is 0.821 bits per heavy atom. The Morgan fingerprint density at radius 3 is 1.46 bits per heavy atom. The van der Waals surface area contributed by atoms with Crippen LogP contribution in [0.1, 0.15) is 0 Å². The van der Waals surface area contributed by atoms with Crippen LogP contribution in [0.15, 0.2) is 133 Å². The summed E-state index contributed by atoms with van der Waals surface area (Å²) in [6.07, 6.45) is 0. The van der Waals surface area contributed by atoms with Gasteiger partial charge in [-0.3, -0.25) is 0 Å². The number of nitrogens with zero attached hydrogens (tertiary/aromatic N) is 2. The molecule has 9 rings (SSSR count). The third kappa shape index (κ3) is 2.76. The molecule has 0 radical (unpaired) electrons. The van der Waals surface area contributed by atoms with Crippen LogP contribution in [0.5, 0.6) is 0 Å². The molecular formula is C36H23N3. The van der Waals surface area contributed by atoms with Crippen molar-refractivity contribution in [3.05, 3.63) is 133 Å². The molecule has 9 aromatic rings. The number of benzene rings is 6. The third-order valence-electron chi connectivity index (χ3n) is 8.26. The van der Waals surface area contributed by atoms with Gasteiger partial charge in [0.15, 0.2) is 0 Å². The molecule has 39 heavy (non-hydrogen) atoms. The van der Waals surface area contributed by atoms with Gasteiger partial charge in [0.05, 0.1) is 27.6 Å². The lowest BCUT2D eigenvalue weighted by Crippen LogP contribution is -1.97. The lowest BCUT2D eigenvalue weighted by molar-refractivity contribution is 1.15. The second kappa shape index (κ2) is 7.62. The van der Waals surface area contributed by atoms with E-state index in [0.29, 0.717) is 0 Å². The SMILES string of the molecule is c1ccc2c(c1)[nH]c1c2ccc2c3ccccc3n(-c3ccc(-n4c5ccccc5c5ccccc54)cc3)c21. The van der Waals surface area contributed by atoms with Crippen LogP contribution in [0.4, 0.5) is 0 Å². The predicted octanol–water partition coefficient (Wildman–Crippen LogP) is 9.52. The van der Waals surface area contributed by atoms with E-state index in [9.17, 15) is 0 Å². The summed E-state index contributed by atoms with van der Waals surface area (Å²) in [5.74, 6) is 0. The van der Waals surface area contributed by atoms with E-state index < -0.39 is 0 Å². The molecule has 1 N–H and O–H groups in total. The largest absolute Gasteiger partial charge is 0.353 e. The molecule has 0 fully saturated rings. The van der Waals surface area contributed by atoms with Crippen molar-refractivity contribution in [3.8, 4) is 11.4 Å². The van der Waals surface area contributed by atoms with Gasteiger partial charge in [-0.25, -0.2) is 0 Å². The summed E-state index contributed by atoms with van der Waals surface area (Å²) in [6.45, 7) is 0. The molecule has 3 heteroatoms. The zero-order chi connectivity index (χ0) is 25.5. The number of nitrogens with one attached hydrogen (secondary N) is 1. The van der Waals surface area contributed by atoms with E-state index in [1.807, 2.05) is 0 Å². The molecule has 0 unspecified atom stereocenters. The number of hydrogen-bond acceptors (Lipinski definition) is 0. The number of aromatic amines is 1. The first-order valence-electron chi connectivity index (χ1n) is 13.4. The van der Waals surface area contributed by atoms with E-state index in [1.54, 1.807) is 0 Å². The average Bonchev–Trinajstić information content (AvgIpc) is 3.65. The molecular weight excluding hydrogens is 474 g/mol. The molecule has 0 aliphatic heterocycles. The van der Waals surface area contributed by atoms with E-state index >= 15 is 0 Å². The Morgan fingerprint density at radius 1 is 0.359 bits per heavy atom. The molecule has 0 saturated heterocycles. The number of hydrogen-bond donors (Lipinski definition) is 1. The van der Waals surface area contributed by atoms with Gasteiger partial charge in [-0.1, -0.05) is 84.9 Å². The highest BCUT2D eigenvalue weighted by Crippen LogP contribution is 2.39. The van der Waals surface area contributed by atoms with E-state index in [2.05, 4.69) is 148 Å². The van der Waals surface area contributed by atoms with Crippen LogP contribution in [0.25, 0.3) is 76.8 Å². The predicted molar refractivity (Wildman–Crippen MR) is 164 cm³/mol. The maximum atomic E-state index is 3.74. The van der Waals surface area contributed by atoms with Crippen LogP contribution < -0.4 is 0 Å². The normalized spacial score (nSPS) is 12.1. The van der Waals surface area contributed by atoms with Crippen molar-refractivity contribution in [2.24, 2.45) is 0 Å². The number of rotatable bonds is 2. The quantitative estimate of drug-likeness (QED) is 0.246. The van der Waals surface area contributed by atoms with Crippen LogP contribution in [-0.4, -0.2) is 14.1 Å². The van der Waals surface area contributed by atoms with Crippen molar-refractivity contribution in [2.75, 3.05) is 0 Å². The summed E-state index contributed by atoms with van der Waals surface area (Å²) in [5, 5.41) is 7.59. The fourth-order valence-corrected chi connectivity index (χ4v) is 6.59. The summed E-state index contributed by atoms with van der Waals surface area (Å²) in [7, 11) is 0. The Balaban J connectivity index is 1.33. The summed E-state index contributed by atoms with van der Waals surface area (Å²) in [5.41, 5.74) is 9.53. The highest BCUT2D eigenvalue weighted by Gasteiger charge is 2.18. The van der Waals surface area contributed by atoms with Crippen molar-refractivity contribution in [2.45, 2.75) is 0 Å². The van der Waals surface area contributed by atoms with Crippen LogP contribution >= 0.6 is 0 Å². The third-order valence-corrected chi connectivity index (χ3v) is 8.26. The standard InChI is InChI=1S/C36H23N3/c1-5-13-31-25(9-1)29-21-22-30-28-12-4-8-16-34(28)39(36(30)35(29)37-31)24-19-17-23(18-20-24)38-32-14-6-2-10-26(32)27-11-3-7-15-33(27)38/h1-22,37H. The fraction of sp³-hybridized carbons (Fsp3) is 0. The van der Waals surface area contributed by atoms with Crippen molar-refractivity contribution >= 4 is 65.4 Å². The maximum absolute atomic E-state index is 3.74. The summed E-state index contributed by atoms with van der Waals surface area (Å²) >= 11 is 0. The van der Waals surface area contributed by atoms with Gasteiger partial charge in [0.1, 0.15) is 0 Å². The topological polar surface area (TPSA) is 25.6 Å². The number of fused-ring (bicyclic) bond motifs is 10. The Labute approximate surface area is 224 Å². The summed E-state index contributed by atoms with van der Waals surface area (Å²) in [4.78, 5) is 3.74. The van der Waals surface area contributed by atoms with Gasteiger partial charge in [-0.15, -0.1) is 0 Å². The Bertz CT molecular complexity index is 2330. The fourth-order valence-electron chi connectivity index (χ4n) is 6.59. The van der Waals surface area contributed by atoms with E-state index in [0.717, 1.165) is 11.4 Å². The Hall–Kier alpha value is -5.28. The molecule has 182 valence electrons. The van der Waals surface area contributed by atoms with Gasteiger partial charge < -0.3 is 14.1 Å². The van der Waals surface area contributed by atoms with Crippen molar-refractivity contribution in [1.82, 2.24) is 14.1 Å². The zero-order valence-electron chi connectivity index (χ0n) is 21.1. The molecule has 0 amide bonds. The highest BCUT2D eigenvalue weighted by atomic mass is 15.0. The van der Waals surface area contributed by atoms with Gasteiger partial charge >= 0.3 is 0 Å². The first kappa shape index (κ1) is 20.7. The van der Waals surface area contributed by atoms with Crippen LogP contribution in [0, 0.1) is 0 Å². The number of H-pyrrole nitrogens is 1. The molecule has 3 heterocycles. The first-order valence-corrected chi connectivity index (χ1v) is 13.4. The zero-order valence-corrected chi connectivity index (χ0v) is 21.1. The molecule has 3 aromatic heterocycles. The average molecular weight is 498 g/mol. The van der Waals surface area contributed by atoms with E-state index in [4.69, 9.17) is 0 Å². The maximum Gasteiger partial charge on any atom is 0.0783 e. The molecule has 6 aromatic carbocycles. The minimum Gasteiger partial charge on any atom is -0.353 e. The van der Waals surface area contributed by atoms with Crippen molar-refractivity contribution in [1.29, 1.82) is 0 Å². The minimum atomic E-state index is 1.15. The van der Waals surface area contributed by atoms with E-state index in [1.165, 1.54) is 65.4 Å². The minimum absolute atomic E-state index is 1.15. The first-order chi connectivity index (χ1) is 19.4. The van der Waals surface area contributed by atoms with Crippen LogP contribution in [-0.2, 0) is 0 Å². The van der Waals surface area contributed by atoms with Gasteiger partial charge in [-0.05, 0) is 48.5 Å². The van der Waals surface area contributed by atoms with E-state index in [-0.39, 0.29) is 0 Å². The smallest absolute Gasteiger partial charge is 0.0783 e. The molecule has 3 nitrogen and oxygen atoms in total. The second-order valence-corrected chi connectivity index (χ2v) is 10.3. The monoisotopic (exact) mass is 497 g/mol. The molecule has 0 aliphatic rings. The van der Waals surface area contributed by atoms with Crippen molar-refractivity contribution < 1.29 is 0 Å². The van der Waals surface area contributed by atoms with Gasteiger partial charge in [0, 0.05) is 49.2 Å². The lowest BCUT2D eigenvalue weighted by Gasteiger charge is -2.12. The van der Waals surface area contributed by atoms with Crippen molar-refractivity contribution in [3.63, 3.8) is 0 Å². The molecule has 0 spiro atoms. The Kier molecular flexibility index (Phi) is 4.05. The number of para-hydroxylation sites is 4. The molecule has 0 atom stereocenters. The van der Waals surface area contributed by atoms with Gasteiger partial charge in [0.2, 0.25) is 0 Å². The number of aromatic nitrogens is 3. The summed E-state index contributed by atoms with van der Waals surface area (Å²) in [6, 6.07) is 48.2. The highest BCUT2D eigenvalue weighted by molar-refractivity contribution is 6.22.